The van der Waals surface area contributed by atoms with Gasteiger partial charge in [0.05, 0.1) is 52.5 Å². The number of amides is 2. The molecule has 2 aromatic rings. The summed E-state index contributed by atoms with van der Waals surface area (Å²) in [4.78, 5) is 31.4. The molecule has 2 aliphatic rings. The second kappa shape index (κ2) is 13.7. The van der Waals surface area contributed by atoms with Gasteiger partial charge in [0.2, 0.25) is 11.5 Å². The van der Waals surface area contributed by atoms with Crippen LogP contribution in [0.15, 0.2) is 44.1 Å². The molecule has 2 aliphatic heterocycles. The average molecular weight is 589 g/mol. The predicted molar refractivity (Wildman–Crippen MR) is 157 cm³/mol. The van der Waals surface area contributed by atoms with Crippen molar-refractivity contribution in [3.63, 3.8) is 0 Å². The van der Waals surface area contributed by atoms with Crippen molar-refractivity contribution in [2.24, 2.45) is 21.5 Å². The summed E-state index contributed by atoms with van der Waals surface area (Å²) in [5, 5.41) is 0.488. The van der Waals surface area contributed by atoms with Gasteiger partial charge in [-0.1, -0.05) is 0 Å². The van der Waals surface area contributed by atoms with Gasteiger partial charge in [0.25, 0.3) is 11.8 Å². The van der Waals surface area contributed by atoms with E-state index in [1.54, 1.807) is 36.4 Å². The predicted octanol–water partition coefficient (Wildman–Crippen LogP) is 3.28. The Bertz CT molecular complexity index is 1280. The molecule has 212 valence electrons. The van der Waals surface area contributed by atoms with Crippen LogP contribution in [0.3, 0.4) is 0 Å². The summed E-state index contributed by atoms with van der Waals surface area (Å²) in [6.07, 6.45) is 3.36. The molecule has 40 heavy (non-hydrogen) atoms. The van der Waals surface area contributed by atoms with Crippen molar-refractivity contribution in [2.45, 2.75) is 0 Å². The van der Waals surface area contributed by atoms with Crippen molar-refractivity contribution in [3.8, 4) is 34.5 Å². The van der Waals surface area contributed by atoms with Crippen LogP contribution in [0.25, 0.3) is 12.2 Å². The van der Waals surface area contributed by atoms with E-state index in [0.717, 1.165) is 34.7 Å². The number of carbonyl (C=O) groups excluding carboxylic acids is 2. The number of hydrogen-bond donors (Lipinski definition) is 2. The van der Waals surface area contributed by atoms with E-state index in [0.29, 0.717) is 44.3 Å². The SMILES string of the molecule is COc1cc(/C=C2\SC(N)=NC2=O)cc(OC)c1OC.COc1cc(/C=C2\SC(N)=NC2=O)cc(OC)c1OC. The summed E-state index contributed by atoms with van der Waals surface area (Å²) in [6, 6.07) is 6.99. The van der Waals surface area contributed by atoms with Crippen LogP contribution in [0, 0.1) is 0 Å². The van der Waals surface area contributed by atoms with E-state index in [4.69, 9.17) is 39.9 Å². The zero-order valence-electron chi connectivity index (χ0n) is 22.6. The summed E-state index contributed by atoms with van der Waals surface area (Å²) < 4.78 is 31.5. The van der Waals surface area contributed by atoms with Crippen molar-refractivity contribution >= 4 is 57.8 Å². The standard InChI is InChI=1S/2C13H14N2O4S/c2*1-17-8-4-7(5-9(18-2)11(8)19-3)6-10-12(16)15-13(14)20-10/h2*4-6H,1-3H3,(H2,14,15,16)/b2*10-6-. The normalized spacial score (nSPS) is 16.2. The van der Waals surface area contributed by atoms with Crippen LogP contribution in [0.4, 0.5) is 0 Å². The Balaban J connectivity index is 0.000000220. The van der Waals surface area contributed by atoms with E-state index in [1.165, 1.54) is 42.7 Å². The fraction of sp³-hybridized carbons (Fsp3) is 0.231. The van der Waals surface area contributed by atoms with Crippen molar-refractivity contribution < 1.29 is 38.0 Å². The fourth-order valence-corrected chi connectivity index (χ4v) is 4.89. The Labute approximate surface area is 239 Å². The number of amidine groups is 2. The maximum Gasteiger partial charge on any atom is 0.286 e. The first kappa shape index (κ1) is 30.2. The molecule has 0 bridgehead atoms. The first-order valence-corrected chi connectivity index (χ1v) is 13.0. The van der Waals surface area contributed by atoms with Crippen LogP contribution in [0.5, 0.6) is 34.5 Å². The van der Waals surface area contributed by atoms with Crippen molar-refractivity contribution in [1.82, 2.24) is 0 Å². The van der Waals surface area contributed by atoms with Gasteiger partial charge in [0.15, 0.2) is 33.3 Å². The first-order valence-electron chi connectivity index (χ1n) is 11.3. The Morgan fingerprint density at radius 3 is 1.07 bits per heavy atom. The smallest absolute Gasteiger partial charge is 0.286 e. The summed E-state index contributed by atoms with van der Waals surface area (Å²) in [6.45, 7) is 0. The number of ether oxygens (including phenoxy) is 6. The van der Waals surface area contributed by atoms with Crippen LogP contribution in [0.1, 0.15) is 11.1 Å². The molecule has 12 nitrogen and oxygen atoms in total. The Morgan fingerprint density at radius 2 is 0.875 bits per heavy atom. The molecule has 0 saturated heterocycles. The van der Waals surface area contributed by atoms with Gasteiger partial charge in [-0.2, -0.15) is 9.98 Å². The van der Waals surface area contributed by atoms with Gasteiger partial charge in [-0.05, 0) is 71.1 Å². The highest BCUT2D eigenvalue weighted by Crippen LogP contribution is 2.40. The molecule has 0 saturated carbocycles. The average Bonchev–Trinajstić information content (AvgIpc) is 3.44. The highest BCUT2D eigenvalue weighted by molar-refractivity contribution is 8.18. The number of rotatable bonds is 8. The Morgan fingerprint density at radius 1 is 0.575 bits per heavy atom. The minimum Gasteiger partial charge on any atom is -0.493 e. The van der Waals surface area contributed by atoms with Crippen molar-refractivity contribution in [3.05, 3.63) is 45.2 Å². The minimum atomic E-state index is -0.346. The molecule has 0 aliphatic carbocycles. The number of benzene rings is 2. The summed E-state index contributed by atoms with van der Waals surface area (Å²) >= 11 is 2.26. The number of carbonyl (C=O) groups is 2. The number of methoxy groups -OCH3 is 6. The molecular weight excluding hydrogens is 560 g/mol. The van der Waals surface area contributed by atoms with Gasteiger partial charge in [0.1, 0.15) is 0 Å². The highest BCUT2D eigenvalue weighted by atomic mass is 32.2. The Hall–Kier alpha value is -4.30. The van der Waals surface area contributed by atoms with Crippen LogP contribution >= 0.6 is 23.5 Å². The Kier molecular flexibility index (Phi) is 10.3. The second-order valence-corrected chi connectivity index (χ2v) is 9.77. The van der Waals surface area contributed by atoms with E-state index in [1.807, 2.05) is 0 Å². The zero-order chi connectivity index (χ0) is 29.4. The molecule has 0 atom stereocenters. The fourth-order valence-electron chi connectivity index (χ4n) is 3.52. The number of aliphatic imine (C=N–C) groups is 2. The van der Waals surface area contributed by atoms with Crippen molar-refractivity contribution in [1.29, 1.82) is 0 Å². The van der Waals surface area contributed by atoms with Gasteiger partial charge in [-0.15, -0.1) is 0 Å². The number of hydrogen-bond acceptors (Lipinski definition) is 12. The van der Waals surface area contributed by atoms with Crippen LogP contribution < -0.4 is 39.9 Å². The van der Waals surface area contributed by atoms with Crippen molar-refractivity contribution in [2.75, 3.05) is 42.7 Å². The zero-order valence-corrected chi connectivity index (χ0v) is 24.2. The molecule has 0 radical (unpaired) electrons. The largest absolute Gasteiger partial charge is 0.493 e. The van der Waals surface area contributed by atoms with Gasteiger partial charge in [-0.25, -0.2) is 0 Å². The topological polar surface area (TPSA) is 166 Å². The lowest BCUT2D eigenvalue weighted by Crippen LogP contribution is -2.01. The van der Waals surface area contributed by atoms with Crippen LogP contribution in [-0.4, -0.2) is 64.8 Å². The molecule has 0 unspecified atom stereocenters. The van der Waals surface area contributed by atoms with E-state index < -0.39 is 0 Å². The molecule has 2 amide bonds. The monoisotopic (exact) mass is 588 g/mol. The maximum atomic E-state index is 11.6. The third-order valence-corrected chi connectivity index (χ3v) is 6.87. The molecular formula is C26H28N4O8S2. The molecule has 14 heteroatoms. The van der Waals surface area contributed by atoms with Crippen LogP contribution in [-0.2, 0) is 9.59 Å². The lowest BCUT2D eigenvalue weighted by molar-refractivity contribution is -0.114. The summed E-state index contributed by atoms with van der Waals surface area (Å²) in [5.41, 5.74) is 12.5. The van der Waals surface area contributed by atoms with E-state index in [-0.39, 0.29) is 22.1 Å². The van der Waals surface area contributed by atoms with E-state index >= 15 is 0 Å². The molecule has 4 N–H and O–H groups in total. The molecule has 2 aromatic carbocycles. The number of nitrogens with two attached hydrogens (primary N) is 2. The lowest BCUT2D eigenvalue weighted by atomic mass is 10.1. The van der Waals surface area contributed by atoms with Crippen LogP contribution in [0.2, 0.25) is 0 Å². The lowest BCUT2D eigenvalue weighted by Gasteiger charge is -2.13. The molecule has 4 rings (SSSR count). The van der Waals surface area contributed by atoms with Gasteiger partial charge < -0.3 is 39.9 Å². The summed E-state index contributed by atoms with van der Waals surface area (Å²) in [5.74, 6) is 2.37. The second-order valence-electron chi connectivity index (χ2n) is 7.65. The molecule has 2 heterocycles. The summed E-state index contributed by atoms with van der Waals surface area (Å²) in [7, 11) is 9.19. The quantitative estimate of drug-likeness (QED) is 0.433. The van der Waals surface area contributed by atoms with Gasteiger partial charge in [0, 0.05) is 0 Å². The third-order valence-electron chi connectivity index (χ3n) is 5.24. The van der Waals surface area contributed by atoms with Gasteiger partial charge >= 0.3 is 0 Å². The van der Waals surface area contributed by atoms with E-state index in [9.17, 15) is 9.59 Å². The highest BCUT2D eigenvalue weighted by Gasteiger charge is 2.22. The van der Waals surface area contributed by atoms with Gasteiger partial charge in [-0.3, -0.25) is 9.59 Å². The molecule has 0 fully saturated rings. The van der Waals surface area contributed by atoms with E-state index in [2.05, 4.69) is 9.98 Å². The maximum absolute atomic E-state index is 11.6. The molecule has 0 spiro atoms. The minimum absolute atomic E-state index is 0.244. The third kappa shape index (κ3) is 7.01. The number of thioether (sulfide) groups is 2. The number of nitrogens with zero attached hydrogens (tertiary/aromatic N) is 2. The molecule has 0 aromatic heterocycles. The first-order chi connectivity index (χ1) is 19.2.